The van der Waals surface area contributed by atoms with Gasteiger partial charge in [0.15, 0.2) is 0 Å². The van der Waals surface area contributed by atoms with Gasteiger partial charge in [0.25, 0.3) is 5.69 Å². The number of benzene rings is 2. The molecule has 2 N–H and O–H groups in total. The summed E-state index contributed by atoms with van der Waals surface area (Å²) in [6.07, 6.45) is 0.801. The van der Waals surface area contributed by atoms with Crippen LogP contribution in [0.3, 0.4) is 0 Å². The first-order valence-electron chi connectivity index (χ1n) is 8.99. The molecule has 2 aromatic carbocycles. The molecule has 0 bridgehead atoms. The number of nitrogens with one attached hydrogen (secondary N) is 2. The fourth-order valence-corrected chi connectivity index (χ4v) is 3.47. The summed E-state index contributed by atoms with van der Waals surface area (Å²) in [5, 5.41) is 13.2. The Bertz CT molecular complexity index is 945. The first kappa shape index (κ1) is 22.3. The Balaban J connectivity index is 1.65. The summed E-state index contributed by atoms with van der Waals surface area (Å²) < 4.78 is 32.2. The average molecular weight is 421 g/mol. The number of non-ortho nitro benzene ring substituents is 1. The number of ether oxygens (including phenoxy) is 1. The number of carbonyl (C=O) groups is 1. The number of carbonyl (C=O) groups excluding carboxylic acids is 1. The van der Waals surface area contributed by atoms with Crippen LogP contribution >= 0.6 is 0 Å². The maximum Gasteiger partial charge on any atom is 0.269 e. The number of amides is 1. The van der Waals surface area contributed by atoms with Crippen molar-refractivity contribution in [2.24, 2.45) is 0 Å². The molecular formula is C19H23N3O6S. The van der Waals surface area contributed by atoms with E-state index < -0.39 is 14.9 Å². The van der Waals surface area contributed by atoms with E-state index in [2.05, 4.69) is 10.0 Å². The van der Waals surface area contributed by atoms with E-state index in [-0.39, 0.29) is 36.0 Å². The lowest BCUT2D eigenvalue weighted by molar-refractivity contribution is -0.384. The Morgan fingerprint density at radius 2 is 1.79 bits per heavy atom. The lowest BCUT2D eigenvalue weighted by atomic mass is 10.2. The molecule has 1 amide bonds. The molecule has 156 valence electrons. The van der Waals surface area contributed by atoms with Crippen molar-refractivity contribution in [1.29, 1.82) is 0 Å². The van der Waals surface area contributed by atoms with E-state index in [1.807, 2.05) is 31.2 Å². The Hall–Kier alpha value is -2.98. The Morgan fingerprint density at radius 3 is 2.45 bits per heavy atom. The molecule has 0 spiro atoms. The van der Waals surface area contributed by atoms with Crippen LogP contribution in [-0.2, 0) is 14.8 Å². The molecule has 2 rings (SSSR count). The van der Waals surface area contributed by atoms with Gasteiger partial charge in [-0.25, -0.2) is 13.1 Å². The molecule has 0 aliphatic carbocycles. The van der Waals surface area contributed by atoms with E-state index in [0.717, 1.165) is 35.6 Å². The predicted octanol–water partition coefficient (Wildman–Crippen LogP) is 2.16. The molecule has 0 unspecified atom stereocenters. The molecule has 0 aliphatic heterocycles. The smallest absolute Gasteiger partial charge is 0.269 e. The molecule has 0 atom stereocenters. The molecule has 0 saturated heterocycles. The van der Waals surface area contributed by atoms with Gasteiger partial charge >= 0.3 is 0 Å². The maximum atomic E-state index is 12.1. The molecule has 0 aromatic heterocycles. The number of aryl methyl sites for hydroxylation is 1. The number of nitrogens with zero attached hydrogens (tertiary/aromatic N) is 1. The van der Waals surface area contributed by atoms with Crippen molar-refractivity contribution in [2.45, 2.75) is 24.7 Å². The molecule has 0 fully saturated rings. The highest BCUT2D eigenvalue weighted by Gasteiger charge is 2.15. The Labute approximate surface area is 169 Å². The summed E-state index contributed by atoms with van der Waals surface area (Å²) in [4.78, 5) is 21.7. The zero-order valence-corrected chi connectivity index (χ0v) is 16.8. The van der Waals surface area contributed by atoms with Crippen molar-refractivity contribution in [3.05, 3.63) is 64.2 Å². The van der Waals surface area contributed by atoms with Crippen LogP contribution in [0.2, 0.25) is 0 Å². The minimum atomic E-state index is -3.80. The van der Waals surface area contributed by atoms with Crippen LogP contribution in [0.5, 0.6) is 5.75 Å². The molecule has 29 heavy (non-hydrogen) atoms. The van der Waals surface area contributed by atoms with Gasteiger partial charge in [-0.2, -0.15) is 0 Å². The minimum Gasteiger partial charge on any atom is -0.493 e. The van der Waals surface area contributed by atoms with Gasteiger partial charge in [-0.15, -0.1) is 0 Å². The topological polar surface area (TPSA) is 128 Å². The molecule has 0 radical (unpaired) electrons. The third kappa shape index (κ3) is 7.16. The third-order valence-electron chi connectivity index (χ3n) is 4.00. The Kier molecular flexibility index (Phi) is 8.10. The monoisotopic (exact) mass is 421 g/mol. The molecule has 0 saturated carbocycles. The lowest BCUT2D eigenvalue weighted by Gasteiger charge is -2.09. The van der Waals surface area contributed by atoms with Gasteiger partial charge in [0, 0.05) is 31.6 Å². The molecule has 2 aromatic rings. The minimum absolute atomic E-state index is 0.00473. The molecule has 9 nitrogen and oxygen atoms in total. The molecular weight excluding hydrogens is 398 g/mol. The van der Waals surface area contributed by atoms with Crippen LogP contribution in [0.25, 0.3) is 0 Å². The normalized spacial score (nSPS) is 11.1. The number of hydrogen-bond acceptors (Lipinski definition) is 6. The van der Waals surface area contributed by atoms with Gasteiger partial charge in [-0.1, -0.05) is 18.2 Å². The summed E-state index contributed by atoms with van der Waals surface area (Å²) in [7, 11) is -3.80. The number of nitro benzene ring substituents is 1. The third-order valence-corrected chi connectivity index (χ3v) is 5.47. The van der Waals surface area contributed by atoms with Crippen molar-refractivity contribution in [2.75, 3.05) is 19.7 Å². The first-order chi connectivity index (χ1) is 13.8. The van der Waals surface area contributed by atoms with Gasteiger partial charge < -0.3 is 10.1 Å². The molecule has 10 heteroatoms. The van der Waals surface area contributed by atoms with E-state index in [0.29, 0.717) is 13.0 Å². The van der Waals surface area contributed by atoms with E-state index >= 15 is 0 Å². The summed E-state index contributed by atoms with van der Waals surface area (Å²) in [6, 6.07) is 12.2. The van der Waals surface area contributed by atoms with Gasteiger partial charge in [0.1, 0.15) is 5.75 Å². The van der Waals surface area contributed by atoms with Crippen molar-refractivity contribution in [3.63, 3.8) is 0 Å². The van der Waals surface area contributed by atoms with Crippen LogP contribution in [0, 0.1) is 17.0 Å². The van der Waals surface area contributed by atoms with Crippen LogP contribution in [0.4, 0.5) is 5.69 Å². The van der Waals surface area contributed by atoms with Crippen molar-refractivity contribution in [1.82, 2.24) is 10.0 Å². The number of rotatable bonds is 11. The van der Waals surface area contributed by atoms with E-state index in [9.17, 15) is 23.3 Å². The molecule has 0 heterocycles. The summed E-state index contributed by atoms with van der Waals surface area (Å²) >= 11 is 0. The Morgan fingerprint density at radius 1 is 1.10 bits per heavy atom. The van der Waals surface area contributed by atoms with E-state index in [1.54, 1.807) is 0 Å². The fourth-order valence-electron chi connectivity index (χ4n) is 2.44. The van der Waals surface area contributed by atoms with Gasteiger partial charge in [-0.05, 0) is 37.1 Å². The number of nitro groups is 1. The summed E-state index contributed by atoms with van der Waals surface area (Å²) in [5.41, 5.74) is 0.833. The zero-order chi connectivity index (χ0) is 21.3. The maximum absolute atomic E-state index is 12.1. The van der Waals surface area contributed by atoms with E-state index in [1.165, 1.54) is 0 Å². The lowest BCUT2D eigenvalue weighted by Crippen LogP contribution is -2.34. The van der Waals surface area contributed by atoms with Gasteiger partial charge in [-0.3, -0.25) is 14.9 Å². The van der Waals surface area contributed by atoms with Gasteiger partial charge in [0.05, 0.1) is 16.4 Å². The second kappa shape index (κ2) is 10.5. The standard InChI is InChI=1S/C19H23N3O6S/c1-15-5-2-3-6-18(15)28-14-4-7-19(23)20-12-13-21-29(26,27)17-10-8-16(9-11-17)22(24)25/h2-3,5-6,8-11,21H,4,7,12-14H2,1H3,(H,20,23). The van der Waals surface area contributed by atoms with Crippen molar-refractivity contribution < 1.29 is 22.9 Å². The second-order valence-electron chi connectivity index (χ2n) is 6.22. The van der Waals surface area contributed by atoms with Crippen LogP contribution in [-0.4, -0.2) is 38.9 Å². The van der Waals surface area contributed by atoms with Crippen LogP contribution in [0.1, 0.15) is 18.4 Å². The van der Waals surface area contributed by atoms with Crippen molar-refractivity contribution in [3.8, 4) is 5.75 Å². The van der Waals surface area contributed by atoms with Crippen LogP contribution in [0.15, 0.2) is 53.4 Å². The number of para-hydroxylation sites is 1. The SMILES string of the molecule is Cc1ccccc1OCCCC(=O)NCCNS(=O)(=O)c1ccc([N+](=O)[O-])cc1. The molecule has 0 aliphatic rings. The summed E-state index contributed by atoms with van der Waals surface area (Å²) in [5.74, 6) is 0.585. The van der Waals surface area contributed by atoms with Gasteiger partial charge in [0.2, 0.25) is 15.9 Å². The number of sulfonamides is 1. The highest BCUT2D eigenvalue weighted by atomic mass is 32.2. The highest BCUT2D eigenvalue weighted by molar-refractivity contribution is 7.89. The predicted molar refractivity (Wildman–Crippen MR) is 107 cm³/mol. The van der Waals surface area contributed by atoms with Crippen LogP contribution < -0.4 is 14.8 Å². The van der Waals surface area contributed by atoms with E-state index in [4.69, 9.17) is 4.74 Å². The largest absolute Gasteiger partial charge is 0.493 e. The van der Waals surface area contributed by atoms with Crippen molar-refractivity contribution >= 4 is 21.6 Å². The average Bonchev–Trinajstić information content (AvgIpc) is 2.70. The second-order valence-corrected chi connectivity index (χ2v) is 7.98. The first-order valence-corrected chi connectivity index (χ1v) is 10.5. The summed E-state index contributed by atoms with van der Waals surface area (Å²) in [6.45, 7) is 2.49. The quantitative estimate of drug-likeness (QED) is 0.325. The fraction of sp³-hybridized carbons (Fsp3) is 0.316. The zero-order valence-electron chi connectivity index (χ0n) is 16.0. The number of hydrogen-bond donors (Lipinski definition) is 2. The highest BCUT2D eigenvalue weighted by Crippen LogP contribution is 2.16.